The Morgan fingerprint density at radius 1 is 1.13 bits per heavy atom. The van der Waals surface area contributed by atoms with Crippen LogP contribution in [0.2, 0.25) is 0 Å². The highest BCUT2D eigenvalue weighted by Crippen LogP contribution is 2.30. The molecule has 202 valence electrons. The molecule has 1 fully saturated rings. The molecule has 0 radical (unpaired) electrons. The Bertz CT molecular complexity index is 1510. The molecule has 39 heavy (non-hydrogen) atoms. The molecular formula is C28H28FN5O5. The van der Waals surface area contributed by atoms with E-state index in [4.69, 9.17) is 10.2 Å². The van der Waals surface area contributed by atoms with Crippen LogP contribution in [-0.4, -0.2) is 43.6 Å². The number of nitrogens with one attached hydrogen (secondary N) is 1. The minimum absolute atomic E-state index is 0.129. The van der Waals surface area contributed by atoms with Crippen LogP contribution in [0.4, 0.5) is 10.2 Å². The van der Waals surface area contributed by atoms with E-state index in [0.29, 0.717) is 22.4 Å². The minimum Gasteiger partial charge on any atom is -0.481 e. The zero-order valence-corrected chi connectivity index (χ0v) is 21.0. The number of fused-ring (bicyclic) bond motifs is 1. The third-order valence-electron chi connectivity index (χ3n) is 7.24. The summed E-state index contributed by atoms with van der Waals surface area (Å²) < 4.78 is 21.9. The number of aromatic nitrogens is 2. The minimum atomic E-state index is -0.981. The van der Waals surface area contributed by atoms with Crippen LogP contribution in [0.25, 0.3) is 11.1 Å². The number of nitrogens with zero attached hydrogens (tertiary/aromatic N) is 3. The number of benzene rings is 2. The van der Waals surface area contributed by atoms with E-state index in [1.54, 1.807) is 24.3 Å². The molecule has 0 spiro atoms. The molecule has 2 heterocycles. The van der Waals surface area contributed by atoms with E-state index < -0.39 is 35.8 Å². The van der Waals surface area contributed by atoms with Crippen LogP contribution in [0.1, 0.15) is 58.1 Å². The molecule has 1 saturated carbocycles. The Kier molecular flexibility index (Phi) is 7.42. The van der Waals surface area contributed by atoms with E-state index in [9.17, 15) is 19.5 Å². The van der Waals surface area contributed by atoms with Gasteiger partial charge >= 0.3 is 5.97 Å². The number of nitrogens with two attached hydrogens (primary N) is 1. The van der Waals surface area contributed by atoms with Crippen LogP contribution in [0, 0.1) is 5.92 Å². The fraction of sp³-hybridized carbons (Fsp3) is 0.286. The predicted octanol–water partition coefficient (Wildman–Crippen LogP) is 4.55. The number of halogens is 1. The van der Waals surface area contributed by atoms with Crippen LogP contribution >= 0.6 is 0 Å². The Hall–Kier alpha value is -4.51. The zero-order chi connectivity index (χ0) is 27.5. The lowest BCUT2D eigenvalue weighted by Crippen LogP contribution is -2.39. The number of anilines is 1. The first-order valence-corrected chi connectivity index (χ1v) is 12.7. The summed E-state index contributed by atoms with van der Waals surface area (Å²) >= 11 is 0. The second kappa shape index (κ2) is 11.1. The maximum absolute atomic E-state index is 15.3. The van der Waals surface area contributed by atoms with Crippen molar-refractivity contribution >= 4 is 34.6 Å². The van der Waals surface area contributed by atoms with E-state index in [2.05, 4.69) is 10.3 Å². The molecule has 1 aliphatic rings. The lowest BCUT2D eigenvalue weighted by Gasteiger charge is -2.30. The van der Waals surface area contributed by atoms with E-state index in [1.165, 1.54) is 24.7 Å². The number of hydrogen-bond acceptors (Lipinski definition) is 7. The van der Waals surface area contributed by atoms with Crippen molar-refractivity contribution in [1.82, 2.24) is 14.7 Å². The molecule has 2 aromatic carbocycles. The molecule has 0 bridgehead atoms. The third kappa shape index (κ3) is 5.26. The van der Waals surface area contributed by atoms with Crippen molar-refractivity contribution in [3.05, 3.63) is 84.0 Å². The van der Waals surface area contributed by atoms with Gasteiger partial charge in [-0.1, -0.05) is 28.7 Å². The molecule has 4 aromatic rings. The summed E-state index contributed by atoms with van der Waals surface area (Å²) in [5, 5.41) is 12.6. The summed E-state index contributed by atoms with van der Waals surface area (Å²) in [7, 11) is 0. The molecule has 1 aliphatic carbocycles. The van der Waals surface area contributed by atoms with Crippen molar-refractivity contribution in [3.63, 3.8) is 0 Å². The predicted molar refractivity (Wildman–Crippen MR) is 140 cm³/mol. The van der Waals surface area contributed by atoms with Gasteiger partial charge in [0.15, 0.2) is 12.0 Å². The van der Waals surface area contributed by atoms with Crippen LogP contribution in [0.5, 0.6) is 0 Å². The fourth-order valence-electron chi connectivity index (χ4n) is 5.04. The topological polar surface area (TPSA) is 144 Å². The van der Waals surface area contributed by atoms with E-state index in [0.717, 1.165) is 10.1 Å². The summed E-state index contributed by atoms with van der Waals surface area (Å²) in [5.74, 6) is -2.93. The quantitative estimate of drug-likeness (QED) is 0.280. The molecule has 1 amide bonds. The molecule has 1 unspecified atom stereocenters. The van der Waals surface area contributed by atoms with Gasteiger partial charge in [0.05, 0.1) is 12.0 Å². The smallest absolute Gasteiger partial charge is 0.306 e. The molecular weight excluding hydrogens is 505 g/mol. The largest absolute Gasteiger partial charge is 0.481 e. The summed E-state index contributed by atoms with van der Waals surface area (Å²) in [6.45, 7) is 0.236. The zero-order valence-electron chi connectivity index (χ0n) is 21.0. The summed E-state index contributed by atoms with van der Waals surface area (Å²) in [4.78, 5) is 42.6. The van der Waals surface area contributed by atoms with Crippen LogP contribution in [0.15, 0.2) is 71.6 Å². The normalized spacial score (nSPS) is 18.0. The highest BCUT2D eigenvalue weighted by Gasteiger charge is 2.35. The van der Waals surface area contributed by atoms with Gasteiger partial charge < -0.3 is 20.6 Å². The van der Waals surface area contributed by atoms with Gasteiger partial charge in [-0.25, -0.2) is 4.98 Å². The maximum atomic E-state index is 15.3. The molecule has 0 aliphatic heterocycles. The van der Waals surface area contributed by atoms with Gasteiger partial charge in [0.1, 0.15) is 17.3 Å². The van der Waals surface area contributed by atoms with Crippen molar-refractivity contribution in [1.29, 1.82) is 0 Å². The van der Waals surface area contributed by atoms with Crippen LogP contribution < -0.4 is 11.1 Å². The second-order valence-corrected chi connectivity index (χ2v) is 9.58. The first-order valence-electron chi connectivity index (χ1n) is 12.7. The lowest BCUT2D eigenvalue weighted by atomic mass is 9.86. The number of amides is 1. The number of aliphatic carboxylic acids is 1. The molecule has 2 aromatic heterocycles. The molecule has 10 nitrogen and oxygen atoms in total. The molecule has 5 rings (SSSR count). The van der Waals surface area contributed by atoms with Crippen LogP contribution in [0.3, 0.4) is 0 Å². The first-order chi connectivity index (χ1) is 18.9. The average Bonchev–Trinajstić information content (AvgIpc) is 3.64. The SMILES string of the molecule is NCc1ccccc1NC(C(=O)n1cccc1C(=O)N(F)C1CCC(C(=O)O)CC1)c1ccc2ncoc2c1. The Morgan fingerprint density at radius 2 is 1.90 bits per heavy atom. The molecule has 0 saturated heterocycles. The average molecular weight is 534 g/mol. The van der Waals surface area contributed by atoms with Gasteiger partial charge in [-0.2, -0.15) is 5.12 Å². The summed E-state index contributed by atoms with van der Waals surface area (Å²) in [6.07, 6.45) is 3.75. The molecule has 4 N–H and O–H groups in total. The van der Waals surface area contributed by atoms with E-state index >= 15 is 4.48 Å². The Morgan fingerprint density at radius 3 is 2.64 bits per heavy atom. The van der Waals surface area contributed by atoms with Crippen molar-refractivity contribution in [2.75, 3.05) is 5.32 Å². The van der Waals surface area contributed by atoms with Crippen molar-refractivity contribution in [2.45, 2.75) is 44.3 Å². The maximum Gasteiger partial charge on any atom is 0.306 e. The standard InChI is InChI=1S/C28H28FN5O5/c29-34(20-10-7-17(8-11-20)28(37)38)26(35)23-6-3-13-33(23)27(36)25(32-21-5-2-1-4-19(21)15-30)18-9-12-22-24(14-18)39-16-31-22/h1-6,9,12-14,16-17,20,25,32H,7-8,10-11,15,30H2,(H,37,38). The number of hydrogen-bond donors (Lipinski definition) is 3. The number of rotatable bonds is 8. The Balaban J connectivity index is 1.45. The number of oxazole rings is 1. The highest BCUT2D eigenvalue weighted by molar-refractivity contribution is 5.99. The van der Waals surface area contributed by atoms with Crippen LogP contribution in [-0.2, 0) is 11.3 Å². The fourth-order valence-corrected chi connectivity index (χ4v) is 5.04. The van der Waals surface area contributed by atoms with Gasteiger partial charge in [0.2, 0.25) is 0 Å². The number of carbonyl (C=O) groups excluding carboxylic acids is 2. The Labute approximate surface area is 223 Å². The summed E-state index contributed by atoms with van der Waals surface area (Å²) in [5.41, 5.74) is 8.85. The lowest BCUT2D eigenvalue weighted by molar-refractivity contribution is -0.143. The van der Waals surface area contributed by atoms with Crippen molar-refractivity contribution in [2.24, 2.45) is 11.7 Å². The van der Waals surface area contributed by atoms with Crippen molar-refractivity contribution in [3.8, 4) is 0 Å². The number of carboxylic acid groups (broad SMARTS) is 1. The summed E-state index contributed by atoms with van der Waals surface area (Å²) in [6, 6.07) is 13.6. The third-order valence-corrected chi connectivity index (χ3v) is 7.24. The van der Waals surface area contributed by atoms with E-state index in [-0.39, 0.29) is 43.0 Å². The number of para-hydroxylation sites is 1. The number of carbonyl (C=O) groups is 3. The van der Waals surface area contributed by atoms with Gasteiger partial charge in [0, 0.05) is 18.4 Å². The molecule has 1 atom stereocenters. The van der Waals surface area contributed by atoms with Gasteiger partial charge in [0.25, 0.3) is 11.8 Å². The molecule has 11 heteroatoms. The van der Waals surface area contributed by atoms with Crippen molar-refractivity contribution < 1.29 is 28.4 Å². The van der Waals surface area contributed by atoms with Gasteiger partial charge in [-0.05, 0) is 67.1 Å². The van der Waals surface area contributed by atoms with Gasteiger partial charge in [-0.3, -0.25) is 19.0 Å². The number of carboxylic acids is 1. The monoisotopic (exact) mass is 533 g/mol. The second-order valence-electron chi connectivity index (χ2n) is 9.58. The van der Waals surface area contributed by atoms with Gasteiger partial charge in [-0.15, -0.1) is 0 Å². The highest BCUT2D eigenvalue weighted by atomic mass is 19.2. The first kappa shape index (κ1) is 26.1. The van der Waals surface area contributed by atoms with E-state index in [1.807, 2.05) is 18.2 Å².